The largest absolute Gasteiger partial charge is 0.507 e. The molecule has 0 aromatic heterocycles. The summed E-state index contributed by atoms with van der Waals surface area (Å²) in [4.78, 5) is 0. The molecule has 0 fully saturated rings. The van der Waals surface area contributed by atoms with Crippen molar-refractivity contribution in [2.75, 3.05) is 24.7 Å². The highest BCUT2D eigenvalue weighted by Crippen LogP contribution is 2.46. The van der Waals surface area contributed by atoms with Crippen molar-refractivity contribution < 1.29 is 51.1 Å². The maximum atomic E-state index is 12.0. The van der Waals surface area contributed by atoms with Crippen molar-refractivity contribution in [2.45, 2.75) is 40.5 Å². The predicted molar refractivity (Wildman–Crippen MR) is 185 cm³/mol. The van der Waals surface area contributed by atoms with Crippen LogP contribution in [0.3, 0.4) is 0 Å². The van der Waals surface area contributed by atoms with Crippen molar-refractivity contribution in [1.29, 1.82) is 0 Å². The van der Waals surface area contributed by atoms with Crippen LogP contribution in [-0.4, -0.2) is 75.8 Å². The zero-order chi connectivity index (χ0) is 34.4. The van der Waals surface area contributed by atoms with E-state index in [9.17, 15) is 51.1 Å². The molecule has 0 atom stereocenters. The average molecular weight is 671 g/mol. The van der Waals surface area contributed by atoms with Crippen molar-refractivity contribution in [3.8, 4) is 46.0 Å². The minimum atomic E-state index is -0.589. The summed E-state index contributed by atoms with van der Waals surface area (Å²) in [5.41, 5.74) is 0.705. The fraction of sp³-hybridized carbons (Fsp3) is 0.294. The molecule has 4 aromatic carbocycles. The van der Waals surface area contributed by atoms with Crippen LogP contribution in [0.1, 0.15) is 44.7 Å². The fourth-order valence-electron chi connectivity index (χ4n) is 5.87. The number of phenols is 8. The van der Waals surface area contributed by atoms with Gasteiger partial charge < -0.3 is 51.1 Å². The Morgan fingerprint density at radius 3 is 1.59 bits per heavy atom. The van der Waals surface area contributed by atoms with Crippen LogP contribution in [0.2, 0.25) is 0 Å². The standard InChI is InChI=1S/C34H38O10S2/c1-13(2)19-25-23(17(11-45-9-7-35)29(39)33(19)43)31(41)21(15(5)27(25)37)22-16(6)28(38)26-20(14(3)4)34(44)30(40)18(12-46-10-8-36)24(26)32(22)42/h11-12,14,35-44H,5,7-10H2,1-4,6H3/b17-11?,18-12?,22-21-. The van der Waals surface area contributed by atoms with Gasteiger partial charge in [-0.3, -0.25) is 0 Å². The number of aromatic hydroxyl groups is 8. The smallest absolute Gasteiger partial charge is 0.166 e. The number of aliphatic hydroxyl groups excluding tert-OH is 2. The van der Waals surface area contributed by atoms with Crippen LogP contribution in [0.4, 0.5) is 0 Å². The lowest BCUT2D eigenvalue weighted by atomic mass is 9.89. The third kappa shape index (κ3) is 5.38. The van der Waals surface area contributed by atoms with Gasteiger partial charge >= 0.3 is 0 Å². The zero-order valence-electron chi connectivity index (χ0n) is 26.1. The second kappa shape index (κ2) is 13.3. The van der Waals surface area contributed by atoms with Gasteiger partial charge in [-0.1, -0.05) is 26.0 Å². The van der Waals surface area contributed by atoms with E-state index in [2.05, 4.69) is 6.58 Å². The van der Waals surface area contributed by atoms with Crippen LogP contribution in [-0.2, 0) is 0 Å². The molecule has 4 rings (SSSR count). The van der Waals surface area contributed by atoms with E-state index in [-0.39, 0.29) is 94.5 Å². The number of benzene rings is 4. The molecule has 0 heterocycles. The first-order valence-electron chi connectivity index (χ1n) is 14.3. The second-order valence-electron chi connectivity index (χ2n) is 11.3. The summed E-state index contributed by atoms with van der Waals surface area (Å²) in [5, 5.41) is 112. The highest BCUT2D eigenvalue weighted by atomic mass is 32.2. The van der Waals surface area contributed by atoms with Crippen molar-refractivity contribution in [3.63, 3.8) is 0 Å². The van der Waals surface area contributed by atoms with Gasteiger partial charge in [0.2, 0.25) is 0 Å². The molecule has 46 heavy (non-hydrogen) atoms. The Hall–Kier alpha value is -4.10. The van der Waals surface area contributed by atoms with Gasteiger partial charge in [-0.2, -0.15) is 0 Å². The first-order chi connectivity index (χ1) is 21.6. The third-order valence-corrected chi connectivity index (χ3v) is 9.54. The highest BCUT2D eigenvalue weighted by molar-refractivity contribution is 8.06. The summed E-state index contributed by atoms with van der Waals surface area (Å²) in [7, 11) is 0. The summed E-state index contributed by atoms with van der Waals surface area (Å²) in [5.74, 6) is -4.08. The normalized spacial score (nSPS) is 13.5. The molecular weight excluding hydrogens is 632 g/mol. The lowest BCUT2D eigenvalue weighted by Gasteiger charge is -2.19. The molecule has 0 unspecified atom stereocenters. The van der Waals surface area contributed by atoms with E-state index in [0.717, 1.165) is 23.5 Å². The molecule has 0 aliphatic rings. The van der Waals surface area contributed by atoms with Crippen molar-refractivity contribution in [2.24, 2.45) is 0 Å². The van der Waals surface area contributed by atoms with Gasteiger partial charge in [0.15, 0.2) is 23.0 Å². The molecule has 10 nitrogen and oxygen atoms in total. The summed E-state index contributed by atoms with van der Waals surface area (Å²) in [6.07, 6.45) is 0. The van der Waals surface area contributed by atoms with Gasteiger partial charge in [0.05, 0.1) is 13.2 Å². The first kappa shape index (κ1) is 34.8. The predicted octanol–water partition coefficient (Wildman–Crippen LogP) is 2.88. The molecule has 0 spiro atoms. The first-order valence-corrected chi connectivity index (χ1v) is 16.4. The van der Waals surface area contributed by atoms with Gasteiger partial charge in [0, 0.05) is 75.5 Å². The van der Waals surface area contributed by atoms with Gasteiger partial charge in [-0.05, 0) is 37.5 Å². The highest BCUT2D eigenvalue weighted by Gasteiger charge is 2.26. The van der Waals surface area contributed by atoms with E-state index in [1.165, 1.54) is 17.7 Å². The summed E-state index contributed by atoms with van der Waals surface area (Å²) in [6, 6.07) is 0. The molecule has 246 valence electrons. The minimum absolute atomic E-state index is 0.0151. The lowest BCUT2D eigenvalue weighted by molar-refractivity contribution is 0.322. The summed E-state index contributed by atoms with van der Waals surface area (Å²) >= 11 is 2.17. The van der Waals surface area contributed by atoms with Crippen molar-refractivity contribution >= 4 is 68.0 Å². The Kier molecular flexibility index (Phi) is 10.1. The SMILES string of the molecule is C=c1c(O)c2c(=C(C)C)c(O)c(O)c(=CSCCO)c2c(O)/c1=c1/c(C)c(O)c2c(C(C)C)c(O)c(O)c(=CSCCO)c2c1O. The lowest BCUT2D eigenvalue weighted by Crippen LogP contribution is -2.19. The Balaban J connectivity index is 2.54. The maximum absolute atomic E-state index is 12.0. The minimum Gasteiger partial charge on any atom is -0.507 e. The monoisotopic (exact) mass is 670 g/mol. The summed E-state index contributed by atoms with van der Waals surface area (Å²) in [6.45, 7) is 11.8. The number of thioether (sulfide) groups is 2. The molecule has 4 aromatic rings. The van der Waals surface area contributed by atoms with E-state index in [1.54, 1.807) is 27.7 Å². The van der Waals surface area contributed by atoms with Crippen LogP contribution in [0, 0.1) is 17.4 Å². The third-order valence-electron chi connectivity index (χ3n) is 7.90. The fourth-order valence-corrected chi connectivity index (χ4v) is 7.11. The molecule has 12 heteroatoms. The molecule has 10 N–H and O–H groups in total. The Labute approximate surface area is 272 Å². The van der Waals surface area contributed by atoms with E-state index < -0.39 is 46.2 Å². The van der Waals surface area contributed by atoms with Crippen molar-refractivity contribution in [1.82, 2.24) is 0 Å². The van der Waals surface area contributed by atoms with Gasteiger partial charge in [0.25, 0.3) is 0 Å². The van der Waals surface area contributed by atoms with Crippen LogP contribution in [0.15, 0.2) is 0 Å². The number of hydrogen-bond donors (Lipinski definition) is 10. The molecule has 0 saturated carbocycles. The van der Waals surface area contributed by atoms with E-state index >= 15 is 0 Å². The van der Waals surface area contributed by atoms with Crippen LogP contribution in [0.25, 0.3) is 44.5 Å². The van der Waals surface area contributed by atoms with E-state index in [0.29, 0.717) is 5.57 Å². The Morgan fingerprint density at radius 1 is 0.630 bits per heavy atom. The molecule has 0 saturated heterocycles. The molecule has 0 radical (unpaired) electrons. The van der Waals surface area contributed by atoms with Gasteiger partial charge in [0.1, 0.15) is 23.0 Å². The average Bonchev–Trinajstić information content (AvgIpc) is 2.99. The van der Waals surface area contributed by atoms with Crippen molar-refractivity contribution in [3.05, 3.63) is 42.4 Å². The van der Waals surface area contributed by atoms with Crippen LogP contribution in [0.5, 0.6) is 46.0 Å². The number of fused-ring (bicyclic) bond motifs is 2. The van der Waals surface area contributed by atoms with E-state index in [1.807, 2.05) is 0 Å². The molecule has 0 aliphatic heterocycles. The van der Waals surface area contributed by atoms with Gasteiger partial charge in [-0.15, -0.1) is 23.5 Å². The molecule has 0 bridgehead atoms. The van der Waals surface area contributed by atoms with E-state index in [4.69, 9.17) is 0 Å². The molecule has 0 aliphatic carbocycles. The second-order valence-corrected chi connectivity index (χ2v) is 13.3. The number of phenolic OH excluding ortho intramolecular Hbond substituents is 8. The molecular formula is C34H38O10S2. The molecule has 0 amide bonds. The Bertz CT molecular complexity index is 2240. The van der Waals surface area contributed by atoms with Gasteiger partial charge in [-0.25, -0.2) is 0 Å². The summed E-state index contributed by atoms with van der Waals surface area (Å²) < 4.78 is 0. The zero-order valence-corrected chi connectivity index (χ0v) is 27.7. The van der Waals surface area contributed by atoms with Crippen LogP contribution >= 0.6 is 23.5 Å². The topological polar surface area (TPSA) is 202 Å². The van der Waals surface area contributed by atoms with Crippen LogP contribution < -0.4 is 20.9 Å². The number of hydrogen-bond acceptors (Lipinski definition) is 12. The quantitative estimate of drug-likeness (QED) is 0.0784. The maximum Gasteiger partial charge on any atom is 0.166 e. The number of rotatable bonds is 7. The number of aliphatic hydroxyl groups is 2. The Morgan fingerprint density at radius 2 is 1.11 bits per heavy atom.